The average molecular weight is 963 g/mol. The Balaban J connectivity index is 1.21. The van der Waals surface area contributed by atoms with Crippen molar-refractivity contribution < 1.29 is 46.5 Å². The molecule has 1 saturated carbocycles. The summed E-state index contributed by atoms with van der Waals surface area (Å²) in [7, 11) is 1.59. The number of rotatable bonds is 12. The zero-order valence-corrected chi connectivity index (χ0v) is 41.2. The third-order valence-electron chi connectivity index (χ3n) is 12.1. The number of para-hydroxylation sites is 1. The molecule has 20 heteroatoms. The quantitative estimate of drug-likeness (QED) is 0.142. The molecule has 362 valence electrons. The topological polar surface area (TPSA) is 213 Å². The van der Waals surface area contributed by atoms with Crippen molar-refractivity contribution in [3.8, 4) is 28.1 Å². The van der Waals surface area contributed by atoms with Gasteiger partial charge in [-0.05, 0) is 90.1 Å². The van der Waals surface area contributed by atoms with Gasteiger partial charge in [0.05, 0.1) is 32.0 Å². The maximum absolute atomic E-state index is 14.8. The molecule has 0 unspecified atom stereocenters. The van der Waals surface area contributed by atoms with E-state index in [1.165, 1.54) is 30.3 Å². The SMILES string of the molecule is COc1ccc(Cc2csc(-c3cccc4c3nc(O[C@@H]3C[C@H]5C(=O)N[C@]6(C(=O)NS(=O)(=O)N(C)C)C[C@H]6/C=C\CCCCC[C@H](NC(=O)OC(C)(C)C)C(=O)N5C3)n4C(C)C)n2)cc1OC. The number of thiazole rings is 1. The van der Waals surface area contributed by atoms with E-state index >= 15 is 0 Å². The summed E-state index contributed by atoms with van der Waals surface area (Å²) >= 11 is 1.50. The number of carbonyl (C=O) groups is 4. The Hall–Kier alpha value is -5.73. The Morgan fingerprint density at radius 3 is 2.51 bits per heavy atom. The van der Waals surface area contributed by atoms with Crippen LogP contribution in [0.15, 0.2) is 53.9 Å². The van der Waals surface area contributed by atoms with Gasteiger partial charge < -0.3 is 34.5 Å². The molecule has 5 atom stereocenters. The first-order valence-corrected chi connectivity index (χ1v) is 24.9. The fourth-order valence-electron chi connectivity index (χ4n) is 8.63. The van der Waals surface area contributed by atoms with Gasteiger partial charge in [-0.1, -0.05) is 37.1 Å². The minimum Gasteiger partial charge on any atom is -0.493 e. The molecule has 4 aromatic rings. The van der Waals surface area contributed by atoms with E-state index in [0.717, 1.165) is 44.5 Å². The summed E-state index contributed by atoms with van der Waals surface area (Å²) in [5, 5.41) is 8.44. The number of ether oxygens (including phenoxy) is 4. The number of fused-ring (bicyclic) bond motifs is 3. The molecule has 0 bridgehead atoms. The van der Waals surface area contributed by atoms with Gasteiger partial charge >= 0.3 is 16.3 Å². The van der Waals surface area contributed by atoms with Gasteiger partial charge in [-0.2, -0.15) is 17.7 Å². The van der Waals surface area contributed by atoms with Gasteiger partial charge in [0.25, 0.3) is 11.9 Å². The molecule has 67 heavy (non-hydrogen) atoms. The van der Waals surface area contributed by atoms with Crippen LogP contribution >= 0.6 is 11.3 Å². The largest absolute Gasteiger partial charge is 0.493 e. The molecular formula is C47H62N8O10S2. The lowest BCUT2D eigenvalue weighted by molar-refractivity contribution is -0.141. The molecule has 7 rings (SSSR count). The molecule has 2 fully saturated rings. The predicted octanol–water partition coefficient (Wildman–Crippen LogP) is 5.91. The van der Waals surface area contributed by atoms with E-state index in [1.54, 1.807) is 35.0 Å². The van der Waals surface area contributed by atoms with Crippen LogP contribution in [0.5, 0.6) is 17.5 Å². The number of amides is 4. The molecule has 18 nitrogen and oxygen atoms in total. The number of alkyl carbamates (subject to hydrolysis) is 1. The molecule has 3 aliphatic rings. The van der Waals surface area contributed by atoms with Gasteiger partial charge in [-0.3, -0.25) is 19.0 Å². The predicted molar refractivity (Wildman–Crippen MR) is 253 cm³/mol. The number of hydrogen-bond donors (Lipinski definition) is 3. The molecule has 1 aliphatic carbocycles. The van der Waals surface area contributed by atoms with Crippen molar-refractivity contribution in [2.45, 2.75) is 121 Å². The van der Waals surface area contributed by atoms with E-state index in [-0.39, 0.29) is 37.9 Å². The second-order valence-corrected chi connectivity index (χ2v) is 21.5. The number of aromatic nitrogens is 3. The van der Waals surface area contributed by atoms with Crippen LogP contribution in [0.25, 0.3) is 21.6 Å². The van der Waals surface area contributed by atoms with Crippen LogP contribution in [0.1, 0.15) is 96.9 Å². The lowest BCUT2D eigenvalue weighted by Crippen LogP contribution is -2.58. The first-order valence-electron chi connectivity index (χ1n) is 22.6. The molecule has 0 radical (unpaired) electrons. The van der Waals surface area contributed by atoms with Crippen molar-refractivity contribution in [2.24, 2.45) is 5.92 Å². The van der Waals surface area contributed by atoms with E-state index in [9.17, 15) is 27.6 Å². The molecule has 4 amide bonds. The van der Waals surface area contributed by atoms with E-state index in [0.29, 0.717) is 36.3 Å². The molecule has 2 aromatic heterocycles. The van der Waals surface area contributed by atoms with Crippen molar-refractivity contribution in [1.29, 1.82) is 0 Å². The van der Waals surface area contributed by atoms with Gasteiger partial charge in [0, 0.05) is 49.8 Å². The zero-order valence-electron chi connectivity index (χ0n) is 39.6. The number of hydrogen-bond acceptors (Lipinski definition) is 13. The van der Waals surface area contributed by atoms with Gasteiger partial charge in [0.2, 0.25) is 11.8 Å². The van der Waals surface area contributed by atoms with Crippen LogP contribution in [-0.4, -0.2) is 120 Å². The summed E-state index contributed by atoms with van der Waals surface area (Å²) < 4.78 is 53.9. The van der Waals surface area contributed by atoms with Crippen LogP contribution < -0.4 is 29.6 Å². The number of methoxy groups -OCH3 is 2. The average Bonchev–Trinajstić information content (AvgIpc) is 3.58. The summed E-state index contributed by atoms with van der Waals surface area (Å²) in [6, 6.07) is 9.60. The summed E-state index contributed by atoms with van der Waals surface area (Å²) in [6.07, 6.45) is 6.02. The fraction of sp³-hybridized carbons (Fsp3) is 0.532. The highest BCUT2D eigenvalue weighted by Gasteiger charge is 2.62. The first-order chi connectivity index (χ1) is 31.7. The van der Waals surface area contributed by atoms with Gasteiger partial charge in [-0.15, -0.1) is 11.3 Å². The van der Waals surface area contributed by atoms with E-state index in [1.807, 2.05) is 72.3 Å². The van der Waals surface area contributed by atoms with E-state index in [4.69, 9.17) is 28.9 Å². The third kappa shape index (κ3) is 11.0. The number of carbonyl (C=O) groups excluding carboxylic acids is 4. The smallest absolute Gasteiger partial charge is 0.408 e. The van der Waals surface area contributed by atoms with Gasteiger partial charge in [0.15, 0.2) is 11.5 Å². The molecule has 2 aromatic carbocycles. The second kappa shape index (κ2) is 19.9. The number of imidazole rings is 1. The van der Waals surface area contributed by atoms with Gasteiger partial charge in [-0.25, -0.2) is 14.5 Å². The summed E-state index contributed by atoms with van der Waals surface area (Å²) in [5.74, 6) is -1.27. The Labute approximate surface area is 395 Å². The Kier molecular flexibility index (Phi) is 14.6. The van der Waals surface area contributed by atoms with Crippen LogP contribution in [0, 0.1) is 5.92 Å². The maximum Gasteiger partial charge on any atom is 0.408 e. The highest BCUT2D eigenvalue weighted by Crippen LogP contribution is 2.46. The van der Waals surface area contributed by atoms with Crippen molar-refractivity contribution in [1.82, 2.24) is 39.1 Å². The van der Waals surface area contributed by atoms with Crippen molar-refractivity contribution in [3.63, 3.8) is 0 Å². The zero-order chi connectivity index (χ0) is 48.4. The highest BCUT2D eigenvalue weighted by molar-refractivity contribution is 7.87. The summed E-state index contributed by atoms with van der Waals surface area (Å²) in [6.45, 7) is 9.15. The molecule has 4 heterocycles. The Morgan fingerprint density at radius 2 is 1.81 bits per heavy atom. The van der Waals surface area contributed by atoms with E-state index in [2.05, 4.69) is 15.4 Å². The van der Waals surface area contributed by atoms with Crippen molar-refractivity contribution in [2.75, 3.05) is 34.9 Å². The number of allylic oxidation sites excluding steroid dienone is 1. The molecule has 2 aliphatic heterocycles. The second-order valence-electron chi connectivity index (χ2n) is 18.8. The van der Waals surface area contributed by atoms with Gasteiger partial charge in [0.1, 0.15) is 39.9 Å². The Morgan fingerprint density at radius 1 is 1.04 bits per heavy atom. The first kappa shape index (κ1) is 49.2. The van der Waals surface area contributed by atoms with Crippen molar-refractivity contribution in [3.05, 3.63) is 65.2 Å². The Bertz CT molecular complexity index is 2640. The minimum atomic E-state index is -4.20. The molecule has 0 spiro atoms. The minimum absolute atomic E-state index is 0.00504. The lowest BCUT2D eigenvalue weighted by atomic mass is 10.0. The number of nitrogens with one attached hydrogen (secondary N) is 3. The fourth-order valence-corrected chi connectivity index (χ4v) is 10.1. The van der Waals surface area contributed by atoms with E-state index < -0.39 is 69.3 Å². The molecular weight excluding hydrogens is 901 g/mol. The molecule has 1 saturated heterocycles. The summed E-state index contributed by atoms with van der Waals surface area (Å²) in [5.41, 5.74) is 1.73. The normalized spacial score (nSPS) is 23.1. The van der Waals surface area contributed by atoms with Crippen LogP contribution in [0.4, 0.5) is 4.79 Å². The van der Waals surface area contributed by atoms with Crippen molar-refractivity contribution >= 4 is 56.4 Å². The molecule has 3 N–H and O–H groups in total. The number of benzene rings is 2. The monoisotopic (exact) mass is 962 g/mol. The maximum atomic E-state index is 14.8. The standard InChI is InChI=1S/C47H62N8O10S2/c1-28(2)55-35-19-15-17-33(41-48-31(27-66-41)22-29-20-21-37(62-8)38(23-29)63-9)39(35)50-44(55)64-32-24-36-40(56)51-47(43(58)52-67(60,61)53(6)7)25-30(47)16-13-11-10-12-14-18-34(42(57)54(36)26-32)49-45(59)65-46(3,4)5/h13,15-17,19-21,23,27-28,30,32,34,36H,10-12,14,18,22,24-26H2,1-9H3,(H,49,59)(H,51,56)(H,52,58)/b16-13-/t30-,32-,34+,36+,47-/m1/s1. The van der Waals surface area contributed by atoms with Crippen LogP contribution in [0.2, 0.25) is 0 Å². The number of nitrogens with zero attached hydrogens (tertiary/aromatic N) is 5. The van der Waals surface area contributed by atoms with Crippen LogP contribution in [0.3, 0.4) is 0 Å². The highest BCUT2D eigenvalue weighted by atomic mass is 32.2. The summed E-state index contributed by atoms with van der Waals surface area (Å²) in [4.78, 5) is 67.9. The third-order valence-corrected chi connectivity index (χ3v) is 14.5. The van der Waals surface area contributed by atoms with Crippen LogP contribution in [-0.2, 0) is 35.8 Å². The lowest BCUT2D eigenvalue weighted by Gasteiger charge is -2.30.